The van der Waals surface area contributed by atoms with Crippen LogP contribution in [0, 0.1) is 0 Å². The molecule has 3 nitrogen and oxygen atoms in total. The lowest BCUT2D eigenvalue weighted by molar-refractivity contribution is 0.184. The molecule has 1 atom stereocenters. The van der Waals surface area contributed by atoms with E-state index in [9.17, 15) is 0 Å². The van der Waals surface area contributed by atoms with Gasteiger partial charge < -0.3 is 15.4 Å². The van der Waals surface area contributed by atoms with Crippen LogP contribution in [-0.4, -0.2) is 26.2 Å². The van der Waals surface area contributed by atoms with E-state index >= 15 is 0 Å². The topological polar surface area (TPSA) is 33.3 Å². The van der Waals surface area contributed by atoms with Crippen LogP contribution >= 0.6 is 0 Å². The van der Waals surface area contributed by atoms with Gasteiger partial charge in [0.15, 0.2) is 0 Å². The minimum atomic E-state index is 0.647. The fourth-order valence-corrected chi connectivity index (χ4v) is 2.51. The molecule has 0 aliphatic carbocycles. The number of hydrogen-bond donors (Lipinski definition) is 2. The molecule has 0 saturated carbocycles. The van der Waals surface area contributed by atoms with Gasteiger partial charge in [-0.1, -0.05) is 30.7 Å². The Morgan fingerprint density at radius 3 is 2.83 bits per heavy atom. The average molecular weight is 248 g/mol. The van der Waals surface area contributed by atoms with E-state index < -0.39 is 0 Å². The molecule has 1 aromatic carbocycles. The van der Waals surface area contributed by atoms with Crippen LogP contribution in [0.2, 0.25) is 0 Å². The van der Waals surface area contributed by atoms with Crippen molar-refractivity contribution >= 4 is 0 Å². The van der Waals surface area contributed by atoms with Gasteiger partial charge in [-0.05, 0) is 30.5 Å². The van der Waals surface area contributed by atoms with Crippen LogP contribution in [-0.2, 0) is 17.9 Å². The van der Waals surface area contributed by atoms with Crippen molar-refractivity contribution in [1.29, 1.82) is 0 Å². The standard InChI is InChI=1S/C15H24N2O/c1-18-12-14-7-3-2-6-13(14)10-16-11-15-8-4-5-9-17-15/h2-3,6-7,15-17H,4-5,8-12H2,1H3. The van der Waals surface area contributed by atoms with Gasteiger partial charge in [-0.2, -0.15) is 0 Å². The van der Waals surface area contributed by atoms with Crippen molar-refractivity contribution in [3.05, 3.63) is 35.4 Å². The van der Waals surface area contributed by atoms with Crippen molar-refractivity contribution in [2.24, 2.45) is 0 Å². The third-order valence-corrected chi connectivity index (χ3v) is 3.54. The van der Waals surface area contributed by atoms with Crippen LogP contribution in [0.4, 0.5) is 0 Å². The molecule has 1 aliphatic rings. The summed E-state index contributed by atoms with van der Waals surface area (Å²) in [6.45, 7) is 3.85. The average Bonchev–Trinajstić information content (AvgIpc) is 2.42. The monoisotopic (exact) mass is 248 g/mol. The summed E-state index contributed by atoms with van der Waals surface area (Å²) in [6.07, 6.45) is 3.99. The van der Waals surface area contributed by atoms with Crippen molar-refractivity contribution in [3.8, 4) is 0 Å². The zero-order valence-corrected chi connectivity index (χ0v) is 11.2. The van der Waals surface area contributed by atoms with E-state index in [2.05, 4.69) is 34.9 Å². The molecule has 0 spiro atoms. The summed E-state index contributed by atoms with van der Waals surface area (Å²) in [6, 6.07) is 9.12. The van der Waals surface area contributed by atoms with Crippen molar-refractivity contribution in [2.75, 3.05) is 20.2 Å². The predicted molar refractivity (Wildman–Crippen MR) is 74.5 cm³/mol. The first-order valence-corrected chi connectivity index (χ1v) is 6.90. The van der Waals surface area contributed by atoms with Crippen molar-refractivity contribution < 1.29 is 4.74 Å². The summed E-state index contributed by atoms with van der Waals surface area (Å²) in [5.41, 5.74) is 2.62. The van der Waals surface area contributed by atoms with Crippen LogP contribution in [0.25, 0.3) is 0 Å². The molecule has 1 heterocycles. The number of piperidine rings is 1. The van der Waals surface area contributed by atoms with E-state index in [1.165, 1.54) is 36.9 Å². The predicted octanol–water partition coefficient (Wildman–Crippen LogP) is 2.06. The molecule has 2 N–H and O–H groups in total. The number of benzene rings is 1. The minimum absolute atomic E-state index is 0.647. The quantitative estimate of drug-likeness (QED) is 0.808. The molecular formula is C15H24N2O. The number of methoxy groups -OCH3 is 1. The largest absolute Gasteiger partial charge is 0.380 e. The smallest absolute Gasteiger partial charge is 0.0716 e. The minimum Gasteiger partial charge on any atom is -0.380 e. The van der Waals surface area contributed by atoms with Crippen molar-refractivity contribution in [1.82, 2.24) is 10.6 Å². The molecule has 3 heteroatoms. The lowest BCUT2D eigenvalue weighted by Crippen LogP contribution is -2.41. The molecule has 0 radical (unpaired) electrons. The summed E-state index contributed by atoms with van der Waals surface area (Å²) in [7, 11) is 1.75. The zero-order chi connectivity index (χ0) is 12.6. The second kappa shape index (κ2) is 7.52. The summed E-state index contributed by atoms with van der Waals surface area (Å²) in [4.78, 5) is 0. The maximum absolute atomic E-state index is 5.22. The Bertz CT molecular complexity index is 348. The maximum Gasteiger partial charge on any atom is 0.0716 e. The summed E-state index contributed by atoms with van der Waals surface area (Å²) < 4.78 is 5.22. The fourth-order valence-electron chi connectivity index (χ4n) is 2.51. The molecule has 1 saturated heterocycles. The number of nitrogens with one attached hydrogen (secondary N) is 2. The van der Waals surface area contributed by atoms with Crippen molar-refractivity contribution in [2.45, 2.75) is 38.5 Å². The van der Waals surface area contributed by atoms with Crippen LogP contribution < -0.4 is 10.6 Å². The Kier molecular flexibility index (Phi) is 5.65. The Hall–Kier alpha value is -0.900. The Morgan fingerprint density at radius 1 is 1.28 bits per heavy atom. The molecule has 0 bridgehead atoms. The highest BCUT2D eigenvalue weighted by Gasteiger charge is 2.11. The van der Waals surface area contributed by atoms with E-state index in [1.807, 2.05) is 0 Å². The van der Waals surface area contributed by atoms with Crippen LogP contribution in [0.5, 0.6) is 0 Å². The SMILES string of the molecule is COCc1ccccc1CNCC1CCCCN1. The first kappa shape index (κ1) is 13.5. The molecule has 18 heavy (non-hydrogen) atoms. The highest BCUT2D eigenvalue weighted by atomic mass is 16.5. The fraction of sp³-hybridized carbons (Fsp3) is 0.600. The van der Waals surface area contributed by atoms with Gasteiger partial charge in [0.05, 0.1) is 6.61 Å². The molecule has 0 amide bonds. The third-order valence-electron chi connectivity index (χ3n) is 3.54. The highest BCUT2D eigenvalue weighted by molar-refractivity contribution is 5.26. The molecule has 1 aliphatic heterocycles. The molecular weight excluding hydrogens is 224 g/mol. The Balaban J connectivity index is 1.78. The lowest BCUT2D eigenvalue weighted by atomic mass is 10.0. The van der Waals surface area contributed by atoms with Gasteiger partial charge in [0.1, 0.15) is 0 Å². The first-order valence-electron chi connectivity index (χ1n) is 6.90. The summed E-state index contributed by atoms with van der Waals surface area (Å²) in [5.74, 6) is 0. The molecule has 1 aromatic rings. The van der Waals surface area contributed by atoms with Gasteiger partial charge in [0.2, 0.25) is 0 Å². The zero-order valence-electron chi connectivity index (χ0n) is 11.2. The normalized spacial score (nSPS) is 19.9. The highest BCUT2D eigenvalue weighted by Crippen LogP contribution is 2.10. The molecule has 0 aromatic heterocycles. The molecule has 2 rings (SSSR count). The van der Waals surface area contributed by atoms with E-state index in [0.29, 0.717) is 12.6 Å². The van der Waals surface area contributed by atoms with Crippen molar-refractivity contribution in [3.63, 3.8) is 0 Å². The Morgan fingerprint density at radius 2 is 2.11 bits per heavy atom. The molecule has 1 fully saturated rings. The van der Waals surface area contributed by atoms with E-state index in [0.717, 1.165) is 13.1 Å². The second-order valence-corrected chi connectivity index (χ2v) is 4.98. The first-order chi connectivity index (χ1) is 8.90. The van der Waals surface area contributed by atoms with Gasteiger partial charge in [-0.15, -0.1) is 0 Å². The van der Waals surface area contributed by atoms with Gasteiger partial charge in [0.25, 0.3) is 0 Å². The number of ether oxygens (including phenoxy) is 1. The summed E-state index contributed by atoms with van der Waals surface area (Å²) in [5, 5.41) is 7.11. The van der Waals surface area contributed by atoms with Crippen LogP contribution in [0.15, 0.2) is 24.3 Å². The van der Waals surface area contributed by atoms with E-state index in [-0.39, 0.29) is 0 Å². The number of hydrogen-bond acceptors (Lipinski definition) is 3. The maximum atomic E-state index is 5.22. The van der Waals surface area contributed by atoms with Gasteiger partial charge >= 0.3 is 0 Å². The van der Waals surface area contributed by atoms with Gasteiger partial charge in [0, 0.05) is 26.2 Å². The van der Waals surface area contributed by atoms with E-state index in [4.69, 9.17) is 4.74 Å². The van der Waals surface area contributed by atoms with Crippen LogP contribution in [0.3, 0.4) is 0 Å². The van der Waals surface area contributed by atoms with Gasteiger partial charge in [-0.25, -0.2) is 0 Å². The second-order valence-electron chi connectivity index (χ2n) is 4.98. The third kappa shape index (κ3) is 4.09. The van der Waals surface area contributed by atoms with Crippen LogP contribution in [0.1, 0.15) is 30.4 Å². The van der Waals surface area contributed by atoms with E-state index in [1.54, 1.807) is 7.11 Å². The Labute approximate surface area is 110 Å². The molecule has 1 unspecified atom stereocenters. The van der Waals surface area contributed by atoms with Gasteiger partial charge in [-0.3, -0.25) is 0 Å². The lowest BCUT2D eigenvalue weighted by Gasteiger charge is -2.24. The summed E-state index contributed by atoms with van der Waals surface area (Å²) >= 11 is 0. The molecule has 100 valence electrons. The number of rotatable bonds is 6.